The summed E-state index contributed by atoms with van der Waals surface area (Å²) in [7, 11) is 0. The number of guanidine groups is 1. The molecule has 23 heavy (non-hydrogen) atoms. The second-order valence-electron chi connectivity index (χ2n) is 6.46. The summed E-state index contributed by atoms with van der Waals surface area (Å²) >= 11 is 0. The standard InChI is InChI=1S/C16H23N5O2/c1-10-4-5-20(7-10)16-17-6-13(11(2)18-16)8-21-9-14(15(22)23)12(3)19-21/h6,9-11H,4-5,7-8H2,1-3H3,(H,17,18)(H,22,23). The summed E-state index contributed by atoms with van der Waals surface area (Å²) in [6.07, 6.45) is 4.76. The number of aryl methyl sites for hydroxylation is 1. The van der Waals surface area contributed by atoms with Crippen LogP contribution in [0.15, 0.2) is 23.0 Å². The Morgan fingerprint density at radius 3 is 2.83 bits per heavy atom. The number of carboxylic acids is 1. The number of nitrogens with one attached hydrogen (secondary N) is 1. The van der Waals surface area contributed by atoms with E-state index in [1.165, 1.54) is 6.42 Å². The van der Waals surface area contributed by atoms with Crippen LogP contribution in [-0.4, -0.2) is 50.8 Å². The first-order valence-electron chi connectivity index (χ1n) is 7.99. The van der Waals surface area contributed by atoms with Gasteiger partial charge in [-0.2, -0.15) is 5.10 Å². The van der Waals surface area contributed by atoms with Crippen LogP contribution in [0.25, 0.3) is 0 Å². The van der Waals surface area contributed by atoms with Crippen LogP contribution in [-0.2, 0) is 6.54 Å². The molecule has 0 aliphatic carbocycles. The third-order valence-electron chi connectivity index (χ3n) is 4.48. The Labute approximate surface area is 135 Å². The summed E-state index contributed by atoms with van der Waals surface area (Å²) in [5, 5.41) is 16.7. The van der Waals surface area contributed by atoms with Crippen molar-refractivity contribution in [2.75, 3.05) is 13.1 Å². The van der Waals surface area contributed by atoms with E-state index in [0.29, 0.717) is 18.2 Å². The number of nitrogens with zero attached hydrogens (tertiary/aromatic N) is 4. The number of hydrogen-bond acceptors (Lipinski definition) is 5. The summed E-state index contributed by atoms with van der Waals surface area (Å²) in [6, 6.07) is 0.0555. The van der Waals surface area contributed by atoms with Crippen molar-refractivity contribution in [2.45, 2.75) is 39.8 Å². The van der Waals surface area contributed by atoms with Crippen LogP contribution in [0.1, 0.15) is 36.3 Å². The molecule has 3 rings (SSSR count). The molecule has 0 saturated carbocycles. The maximum absolute atomic E-state index is 11.1. The molecule has 2 unspecified atom stereocenters. The van der Waals surface area contributed by atoms with Crippen molar-refractivity contribution < 1.29 is 9.90 Å². The summed E-state index contributed by atoms with van der Waals surface area (Å²) < 4.78 is 1.67. The van der Waals surface area contributed by atoms with Gasteiger partial charge in [0.15, 0.2) is 5.96 Å². The highest BCUT2D eigenvalue weighted by Crippen LogP contribution is 2.19. The fourth-order valence-corrected chi connectivity index (χ4v) is 3.06. The Bertz CT molecular complexity index is 676. The van der Waals surface area contributed by atoms with E-state index >= 15 is 0 Å². The minimum absolute atomic E-state index is 0.0555. The number of carbonyl (C=O) groups is 1. The van der Waals surface area contributed by atoms with Crippen LogP contribution in [0, 0.1) is 12.8 Å². The molecule has 7 nitrogen and oxygen atoms in total. The van der Waals surface area contributed by atoms with Crippen LogP contribution in [0.2, 0.25) is 0 Å². The van der Waals surface area contributed by atoms with Gasteiger partial charge in [-0.25, -0.2) is 9.79 Å². The normalized spacial score (nSPS) is 24.2. The van der Waals surface area contributed by atoms with Crippen molar-refractivity contribution in [2.24, 2.45) is 10.9 Å². The number of carboxylic acid groups (broad SMARTS) is 1. The van der Waals surface area contributed by atoms with Gasteiger partial charge in [-0.1, -0.05) is 6.92 Å². The highest BCUT2D eigenvalue weighted by Gasteiger charge is 2.25. The zero-order valence-electron chi connectivity index (χ0n) is 13.8. The van der Waals surface area contributed by atoms with Crippen LogP contribution in [0.3, 0.4) is 0 Å². The largest absolute Gasteiger partial charge is 0.478 e. The zero-order valence-corrected chi connectivity index (χ0v) is 13.8. The van der Waals surface area contributed by atoms with Crippen molar-refractivity contribution >= 4 is 11.9 Å². The van der Waals surface area contributed by atoms with Crippen LogP contribution in [0.5, 0.6) is 0 Å². The minimum Gasteiger partial charge on any atom is -0.478 e. The molecule has 0 aromatic carbocycles. The van der Waals surface area contributed by atoms with E-state index in [4.69, 9.17) is 10.1 Å². The van der Waals surface area contributed by atoms with Crippen LogP contribution < -0.4 is 5.32 Å². The molecule has 1 fully saturated rings. The van der Waals surface area contributed by atoms with Gasteiger partial charge in [0.2, 0.25) is 0 Å². The molecule has 1 aromatic heterocycles. The van der Waals surface area contributed by atoms with Gasteiger partial charge in [-0.05, 0) is 31.8 Å². The first-order valence-corrected chi connectivity index (χ1v) is 7.99. The Kier molecular flexibility index (Phi) is 4.11. The van der Waals surface area contributed by atoms with Crippen LogP contribution >= 0.6 is 0 Å². The molecule has 124 valence electrons. The van der Waals surface area contributed by atoms with Gasteiger partial charge >= 0.3 is 5.97 Å². The van der Waals surface area contributed by atoms with E-state index < -0.39 is 5.97 Å². The number of likely N-dealkylation sites (tertiary alicyclic amines) is 1. The Morgan fingerprint density at radius 2 is 2.26 bits per heavy atom. The quantitative estimate of drug-likeness (QED) is 0.882. The van der Waals surface area contributed by atoms with Gasteiger partial charge in [-0.15, -0.1) is 0 Å². The molecule has 0 bridgehead atoms. The van der Waals surface area contributed by atoms with Gasteiger partial charge < -0.3 is 15.3 Å². The highest BCUT2D eigenvalue weighted by atomic mass is 16.4. The lowest BCUT2D eigenvalue weighted by Crippen LogP contribution is -2.41. The molecule has 2 atom stereocenters. The minimum atomic E-state index is -0.944. The number of hydrogen-bond donors (Lipinski definition) is 2. The van der Waals surface area contributed by atoms with E-state index in [-0.39, 0.29) is 11.6 Å². The second kappa shape index (κ2) is 6.06. The lowest BCUT2D eigenvalue weighted by Gasteiger charge is -2.26. The molecule has 1 saturated heterocycles. The summed E-state index contributed by atoms with van der Waals surface area (Å²) in [5.41, 5.74) is 1.86. The van der Waals surface area contributed by atoms with E-state index in [0.717, 1.165) is 24.6 Å². The number of aliphatic imine (C=N–C) groups is 1. The Hall–Kier alpha value is -2.31. The fourth-order valence-electron chi connectivity index (χ4n) is 3.06. The molecule has 0 spiro atoms. The number of aromatic nitrogens is 2. The first kappa shape index (κ1) is 15.6. The molecular weight excluding hydrogens is 294 g/mol. The predicted octanol–water partition coefficient (Wildman–Crippen LogP) is 1.46. The third-order valence-corrected chi connectivity index (χ3v) is 4.48. The van der Waals surface area contributed by atoms with Crippen molar-refractivity contribution in [1.82, 2.24) is 20.0 Å². The molecule has 3 heterocycles. The summed E-state index contributed by atoms with van der Waals surface area (Å²) in [6.45, 7) is 8.65. The van der Waals surface area contributed by atoms with Gasteiger partial charge in [0.1, 0.15) is 5.56 Å². The van der Waals surface area contributed by atoms with Crippen molar-refractivity contribution in [3.63, 3.8) is 0 Å². The molecule has 0 radical (unpaired) electrons. The fraction of sp³-hybridized carbons (Fsp3) is 0.562. The molecule has 7 heteroatoms. The average molecular weight is 317 g/mol. The molecule has 2 aliphatic rings. The highest BCUT2D eigenvalue weighted by molar-refractivity contribution is 5.88. The third kappa shape index (κ3) is 3.23. The molecule has 2 aliphatic heterocycles. The smallest absolute Gasteiger partial charge is 0.339 e. The van der Waals surface area contributed by atoms with Crippen LogP contribution in [0.4, 0.5) is 0 Å². The summed E-state index contributed by atoms with van der Waals surface area (Å²) in [4.78, 5) is 18.1. The van der Waals surface area contributed by atoms with E-state index in [2.05, 4.69) is 29.2 Å². The van der Waals surface area contributed by atoms with Gasteiger partial charge in [0.05, 0.1) is 18.3 Å². The van der Waals surface area contributed by atoms with Crippen molar-refractivity contribution in [1.29, 1.82) is 0 Å². The Morgan fingerprint density at radius 1 is 1.48 bits per heavy atom. The van der Waals surface area contributed by atoms with Gasteiger partial charge in [0.25, 0.3) is 0 Å². The molecule has 1 aromatic rings. The van der Waals surface area contributed by atoms with Gasteiger partial charge in [0, 0.05) is 25.5 Å². The van der Waals surface area contributed by atoms with Crippen molar-refractivity contribution in [3.8, 4) is 0 Å². The molecule has 0 amide bonds. The lowest BCUT2D eigenvalue weighted by molar-refractivity contribution is 0.0696. The SMILES string of the molecule is Cc1nn(CC2=CNC(N3CCC(C)C3)=NC2C)cc1C(=O)O. The maximum atomic E-state index is 11.1. The number of rotatable bonds is 3. The van der Waals surface area contributed by atoms with Gasteiger partial charge in [-0.3, -0.25) is 4.68 Å². The second-order valence-corrected chi connectivity index (χ2v) is 6.46. The topological polar surface area (TPSA) is 82.8 Å². The molecule has 2 N–H and O–H groups in total. The predicted molar refractivity (Wildman–Crippen MR) is 87.4 cm³/mol. The zero-order chi connectivity index (χ0) is 16.6. The van der Waals surface area contributed by atoms with E-state index in [1.54, 1.807) is 17.8 Å². The van der Waals surface area contributed by atoms with Crippen molar-refractivity contribution in [3.05, 3.63) is 29.2 Å². The maximum Gasteiger partial charge on any atom is 0.339 e. The first-order chi connectivity index (χ1) is 10.9. The lowest BCUT2D eigenvalue weighted by atomic mass is 10.1. The average Bonchev–Trinajstić information content (AvgIpc) is 3.07. The Balaban J connectivity index is 1.67. The monoisotopic (exact) mass is 317 g/mol. The van der Waals surface area contributed by atoms with E-state index in [1.807, 2.05) is 6.20 Å². The molecular formula is C16H23N5O2. The number of aromatic carboxylic acids is 1. The van der Waals surface area contributed by atoms with E-state index in [9.17, 15) is 4.79 Å². The summed E-state index contributed by atoms with van der Waals surface area (Å²) in [5.74, 6) is 0.705.